The van der Waals surface area contributed by atoms with Crippen LogP contribution in [0.2, 0.25) is 0 Å². The predicted molar refractivity (Wildman–Crippen MR) is 56.3 cm³/mol. The van der Waals surface area contributed by atoms with Gasteiger partial charge in [0.15, 0.2) is 34.9 Å². The number of nitrogens with zero attached hydrogens (tertiary/aromatic N) is 1. The Hall–Kier alpha value is -2.49. The van der Waals surface area contributed by atoms with Crippen molar-refractivity contribution in [2.75, 3.05) is 0 Å². The first-order chi connectivity index (χ1) is 9.40. The van der Waals surface area contributed by atoms with E-state index in [9.17, 15) is 26.3 Å². The van der Waals surface area contributed by atoms with Crippen LogP contribution in [0.3, 0.4) is 0 Å². The number of halogens is 6. The molecule has 0 N–H and O–H groups in total. The average molecular weight is 287 g/mol. The van der Waals surface area contributed by atoms with Gasteiger partial charge in [0, 0.05) is 5.56 Å². The highest BCUT2D eigenvalue weighted by molar-refractivity contribution is 5.67. The van der Waals surface area contributed by atoms with Crippen LogP contribution in [0.15, 0.2) is 18.2 Å². The lowest BCUT2D eigenvalue weighted by molar-refractivity contribution is 0.452. The summed E-state index contributed by atoms with van der Waals surface area (Å²) in [7, 11) is 0. The molecule has 2 aromatic rings. The molecule has 20 heavy (non-hydrogen) atoms. The second-order valence-electron chi connectivity index (χ2n) is 3.72. The van der Waals surface area contributed by atoms with Crippen LogP contribution in [0.5, 0.6) is 0 Å². The Morgan fingerprint density at radius 3 is 1.80 bits per heavy atom. The molecule has 0 aliphatic heterocycles. The van der Waals surface area contributed by atoms with Gasteiger partial charge in [0.1, 0.15) is 11.6 Å². The van der Waals surface area contributed by atoms with Gasteiger partial charge in [-0.25, -0.2) is 26.3 Å². The summed E-state index contributed by atoms with van der Waals surface area (Å²) in [6, 6.07) is 3.30. The summed E-state index contributed by atoms with van der Waals surface area (Å²) in [5, 5.41) is 8.41. The van der Waals surface area contributed by atoms with Crippen molar-refractivity contribution in [1.82, 2.24) is 0 Å². The normalized spacial score (nSPS) is 10.4. The van der Waals surface area contributed by atoms with Crippen molar-refractivity contribution in [3.05, 3.63) is 58.7 Å². The van der Waals surface area contributed by atoms with E-state index in [2.05, 4.69) is 0 Å². The van der Waals surface area contributed by atoms with Gasteiger partial charge in [0.2, 0.25) is 0 Å². The molecule has 0 aromatic heterocycles. The van der Waals surface area contributed by atoms with E-state index in [4.69, 9.17) is 5.26 Å². The molecule has 0 aliphatic rings. The third-order valence-corrected chi connectivity index (χ3v) is 2.60. The minimum absolute atomic E-state index is 0.672. The second kappa shape index (κ2) is 4.89. The van der Waals surface area contributed by atoms with Gasteiger partial charge in [-0.1, -0.05) is 12.1 Å². The van der Waals surface area contributed by atoms with Crippen molar-refractivity contribution in [3.8, 4) is 17.2 Å². The zero-order valence-electron chi connectivity index (χ0n) is 9.45. The summed E-state index contributed by atoms with van der Waals surface area (Å²) in [6.45, 7) is 0. The van der Waals surface area contributed by atoms with E-state index in [1.165, 1.54) is 0 Å². The van der Waals surface area contributed by atoms with Gasteiger partial charge in [-0.05, 0) is 6.07 Å². The molecule has 0 atom stereocenters. The molecular formula is C13H3F6N. The second-order valence-corrected chi connectivity index (χ2v) is 3.72. The molecule has 2 aromatic carbocycles. The van der Waals surface area contributed by atoms with Gasteiger partial charge in [-0.2, -0.15) is 5.26 Å². The van der Waals surface area contributed by atoms with E-state index >= 15 is 0 Å². The highest BCUT2D eigenvalue weighted by Gasteiger charge is 2.28. The van der Waals surface area contributed by atoms with E-state index in [-0.39, 0.29) is 0 Å². The Morgan fingerprint density at radius 1 is 0.750 bits per heavy atom. The monoisotopic (exact) mass is 287 g/mol. The number of nitriles is 1. The maximum atomic E-state index is 13.7. The van der Waals surface area contributed by atoms with Crippen LogP contribution in [0.4, 0.5) is 26.3 Å². The topological polar surface area (TPSA) is 23.8 Å². The molecule has 0 saturated heterocycles. The van der Waals surface area contributed by atoms with Gasteiger partial charge >= 0.3 is 0 Å². The molecule has 7 heteroatoms. The number of rotatable bonds is 1. The molecule has 0 unspecified atom stereocenters. The lowest BCUT2D eigenvalue weighted by Crippen LogP contribution is -2.05. The van der Waals surface area contributed by atoms with Crippen LogP contribution in [0.25, 0.3) is 11.1 Å². The molecule has 0 fully saturated rings. The molecule has 102 valence electrons. The quantitative estimate of drug-likeness (QED) is 0.573. The lowest BCUT2D eigenvalue weighted by atomic mass is 10.0. The van der Waals surface area contributed by atoms with E-state index in [1.807, 2.05) is 0 Å². The van der Waals surface area contributed by atoms with Gasteiger partial charge in [-0.15, -0.1) is 0 Å². The molecule has 0 spiro atoms. The maximum Gasteiger partial charge on any atom is 0.180 e. The van der Waals surface area contributed by atoms with Crippen molar-refractivity contribution in [1.29, 1.82) is 5.26 Å². The maximum absolute atomic E-state index is 13.7. The van der Waals surface area contributed by atoms with E-state index < -0.39 is 51.6 Å². The van der Waals surface area contributed by atoms with Crippen molar-refractivity contribution < 1.29 is 26.3 Å². The first-order valence-electron chi connectivity index (χ1n) is 5.10. The molecule has 2 rings (SSSR count). The van der Waals surface area contributed by atoms with E-state index in [0.717, 1.165) is 18.2 Å². The number of hydrogen-bond acceptors (Lipinski definition) is 1. The smallest absolute Gasteiger partial charge is 0.180 e. The summed E-state index contributed by atoms with van der Waals surface area (Å²) >= 11 is 0. The summed E-state index contributed by atoms with van der Waals surface area (Å²) < 4.78 is 80.6. The molecule has 0 aliphatic carbocycles. The van der Waals surface area contributed by atoms with E-state index in [1.54, 1.807) is 0 Å². The molecule has 0 amide bonds. The summed E-state index contributed by atoms with van der Waals surface area (Å²) in [5.74, 6) is -11.0. The van der Waals surface area contributed by atoms with Gasteiger partial charge < -0.3 is 0 Å². The SMILES string of the molecule is N#Cc1c(F)c(F)c(-c2cccc(F)c2F)c(F)c1F. The standard InChI is InChI=1S/C13H3F6N/c14-7-3-1-2-5(9(7)15)8-12(18)10(16)6(4-20)11(17)13(8)19/h1-3H. The molecule has 1 nitrogen and oxygen atoms in total. The van der Waals surface area contributed by atoms with Crippen molar-refractivity contribution in [3.63, 3.8) is 0 Å². The lowest BCUT2D eigenvalue weighted by Gasteiger charge is -2.09. The van der Waals surface area contributed by atoms with Crippen molar-refractivity contribution in [2.24, 2.45) is 0 Å². The van der Waals surface area contributed by atoms with Crippen LogP contribution in [-0.4, -0.2) is 0 Å². The van der Waals surface area contributed by atoms with Gasteiger partial charge in [-0.3, -0.25) is 0 Å². The van der Waals surface area contributed by atoms with E-state index in [0.29, 0.717) is 6.07 Å². The highest BCUT2D eigenvalue weighted by atomic mass is 19.2. The Kier molecular flexibility index (Phi) is 3.40. The number of benzene rings is 2. The van der Waals surface area contributed by atoms with Crippen LogP contribution >= 0.6 is 0 Å². The average Bonchev–Trinajstić information content (AvgIpc) is 2.42. The Morgan fingerprint density at radius 2 is 1.30 bits per heavy atom. The third-order valence-electron chi connectivity index (χ3n) is 2.60. The van der Waals surface area contributed by atoms with Crippen molar-refractivity contribution >= 4 is 0 Å². The predicted octanol–water partition coefficient (Wildman–Crippen LogP) is 4.06. The molecule has 0 saturated carbocycles. The fourth-order valence-electron chi connectivity index (χ4n) is 1.66. The molecular weight excluding hydrogens is 284 g/mol. The Bertz CT molecular complexity index is 718. The zero-order chi connectivity index (χ0) is 15.0. The summed E-state index contributed by atoms with van der Waals surface area (Å²) in [4.78, 5) is 0. The zero-order valence-corrected chi connectivity index (χ0v) is 9.45. The summed E-state index contributed by atoms with van der Waals surface area (Å²) in [6.07, 6.45) is 0. The fourth-order valence-corrected chi connectivity index (χ4v) is 1.66. The first-order valence-corrected chi connectivity index (χ1v) is 5.10. The Labute approximate surface area is 108 Å². The van der Waals surface area contributed by atoms with Crippen LogP contribution in [-0.2, 0) is 0 Å². The minimum atomic E-state index is -1.97. The largest absolute Gasteiger partial charge is 0.204 e. The molecule has 0 bridgehead atoms. The fraction of sp³-hybridized carbons (Fsp3) is 0. The minimum Gasteiger partial charge on any atom is -0.204 e. The molecule has 0 heterocycles. The Balaban J connectivity index is 2.90. The highest BCUT2D eigenvalue weighted by Crippen LogP contribution is 2.33. The first kappa shape index (κ1) is 13.9. The van der Waals surface area contributed by atoms with Crippen LogP contribution < -0.4 is 0 Å². The van der Waals surface area contributed by atoms with Crippen molar-refractivity contribution in [2.45, 2.75) is 0 Å². The van der Waals surface area contributed by atoms with Gasteiger partial charge in [0.05, 0.1) is 5.56 Å². The summed E-state index contributed by atoms with van der Waals surface area (Å²) in [5.41, 5.74) is -3.86. The van der Waals surface area contributed by atoms with Crippen LogP contribution in [0, 0.1) is 46.2 Å². The molecule has 0 radical (unpaired) electrons. The van der Waals surface area contributed by atoms with Crippen LogP contribution in [0.1, 0.15) is 5.56 Å². The third kappa shape index (κ3) is 1.90. The van der Waals surface area contributed by atoms with Gasteiger partial charge in [0.25, 0.3) is 0 Å². The number of hydrogen-bond donors (Lipinski definition) is 0.